The van der Waals surface area contributed by atoms with Crippen LogP contribution in [0, 0.1) is 5.92 Å². The molecular formula is C16H24BrNO. The number of nitrogens with zero attached hydrogens (tertiary/aromatic N) is 1. The molecule has 0 aromatic heterocycles. The predicted octanol–water partition coefficient (Wildman–Crippen LogP) is 3.65. The number of piperidine rings is 1. The molecule has 1 aliphatic rings. The van der Waals surface area contributed by atoms with Gasteiger partial charge in [-0.3, -0.25) is 0 Å². The molecule has 0 radical (unpaired) electrons. The lowest BCUT2D eigenvalue weighted by Gasteiger charge is -2.34. The summed E-state index contributed by atoms with van der Waals surface area (Å²) >= 11 is 3.54. The normalized spacial score (nSPS) is 21.3. The number of halogens is 1. The second kappa shape index (κ2) is 6.87. The van der Waals surface area contributed by atoms with E-state index in [0.717, 1.165) is 36.9 Å². The largest absolute Gasteiger partial charge is 0.393 e. The lowest BCUT2D eigenvalue weighted by atomic mass is 9.91. The van der Waals surface area contributed by atoms with Gasteiger partial charge in [-0.2, -0.15) is 0 Å². The SMILES string of the molecule is CC(CN1CCC(C(C)O)CC1)c1cccc(Br)c1. The van der Waals surface area contributed by atoms with E-state index < -0.39 is 0 Å². The Morgan fingerprint density at radius 2 is 2.00 bits per heavy atom. The minimum atomic E-state index is -0.148. The van der Waals surface area contributed by atoms with Gasteiger partial charge in [0.15, 0.2) is 0 Å². The second-order valence-corrected chi connectivity index (χ2v) is 6.75. The molecule has 0 aliphatic carbocycles. The van der Waals surface area contributed by atoms with Crippen molar-refractivity contribution in [3.63, 3.8) is 0 Å². The molecule has 2 atom stereocenters. The van der Waals surface area contributed by atoms with Gasteiger partial charge in [-0.15, -0.1) is 0 Å². The van der Waals surface area contributed by atoms with Crippen LogP contribution in [0.15, 0.2) is 28.7 Å². The fourth-order valence-corrected chi connectivity index (χ4v) is 3.34. The number of likely N-dealkylation sites (tertiary alicyclic amines) is 1. The Bertz CT molecular complexity index is 399. The van der Waals surface area contributed by atoms with E-state index in [2.05, 4.69) is 52.0 Å². The van der Waals surface area contributed by atoms with E-state index in [-0.39, 0.29) is 6.10 Å². The van der Waals surface area contributed by atoms with Gasteiger partial charge in [-0.05, 0) is 62.4 Å². The fourth-order valence-electron chi connectivity index (χ4n) is 2.92. The van der Waals surface area contributed by atoms with Gasteiger partial charge in [-0.1, -0.05) is 35.0 Å². The Morgan fingerprint density at radius 3 is 2.58 bits per heavy atom. The van der Waals surface area contributed by atoms with E-state index in [4.69, 9.17) is 0 Å². The zero-order chi connectivity index (χ0) is 13.8. The monoisotopic (exact) mass is 325 g/mol. The first kappa shape index (κ1) is 15.0. The molecule has 1 saturated heterocycles. The van der Waals surface area contributed by atoms with Gasteiger partial charge in [0.1, 0.15) is 0 Å². The third kappa shape index (κ3) is 4.30. The molecule has 3 heteroatoms. The first-order chi connectivity index (χ1) is 9.06. The van der Waals surface area contributed by atoms with Crippen molar-refractivity contribution in [2.45, 2.75) is 38.7 Å². The van der Waals surface area contributed by atoms with Crippen LogP contribution in [-0.4, -0.2) is 35.7 Å². The van der Waals surface area contributed by atoms with Crippen molar-refractivity contribution >= 4 is 15.9 Å². The molecule has 1 heterocycles. The fraction of sp³-hybridized carbons (Fsp3) is 0.625. The highest BCUT2D eigenvalue weighted by atomic mass is 79.9. The Morgan fingerprint density at radius 1 is 1.32 bits per heavy atom. The molecule has 0 bridgehead atoms. The lowest BCUT2D eigenvalue weighted by molar-refractivity contribution is 0.0703. The molecule has 0 amide bonds. The average Bonchev–Trinajstić information content (AvgIpc) is 2.39. The lowest BCUT2D eigenvalue weighted by Crippen LogP contribution is -2.38. The molecule has 106 valence electrons. The highest BCUT2D eigenvalue weighted by Gasteiger charge is 2.23. The summed E-state index contributed by atoms with van der Waals surface area (Å²) in [7, 11) is 0. The van der Waals surface area contributed by atoms with Crippen LogP contribution in [0.25, 0.3) is 0 Å². The smallest absolute Gasteiger partial charge is 0.0541 e. The average molecular weight is 326 g/mol. The van der Waals surface area contributed by atoms with Crippen LogP contribution in [0.1, 0.15) is 38.2 Å². The number of benzene rings is 1. The number of hydrogen-bond donors (Lipinski definition) is 1. The van der Waals surface area contributed by atoms with Crippen LogP contribution in [0.2, 0.25) is 0 Å². The first-order valence-corrected chi connectivity index (χ1v) is 8.01. The van der Waals surface area contributed by atoms with Crippen LogP contribution in [0.4, 0.5) is 0 Å². The van der Waals surface area contributed by atoms with E-state index in [1.807, 2.05) is 6.92 Å². The molecule has 2 rings (SSSR count). The minimum Gasteiger partial charge on any atom is -0.393 e. The number of rotatable bonds is 4. The van der Waals surface area contributed by atoms with Crippen LogP contribution >= 0.6 is 15.9 Å². The minimum absolute atomic E-state index is 0.148. The number of hydrogen-bond acceptors (Lipinski definition) is 2. The summed E-state index contributed by atoms with van der Waals surface area (Å²) in [5.74, 6) is 1.05. The van der Waals surface area contributed by atoms with Crippen LogP contribution in [0.5, 0.6) is 0 Å². The third-order valence-corrected chi connectivity index (χ3v) is 4.76. The summed E-state index contributed by atoms with van der Waals surface area (Å²) in [6.07, 6.45) is 2.11. The highest BCUT2D eigenvalue weighted by molar-refractivity contribution is 9.10. The van der Waals surface area contributed by atoms with Crippen molar-refractivity contribution in [2.24, 2.45) is 5.92 Å². The van der Waals surface area contributed by atoms with Crippen LogP contribution in [0.3, 0.4) is 0 Å². The molecule has 0 saturated carbocycles. The quantitative estimate of drug-likeness (QED) is 0.913. The maximum Gasteiger partial charge on any atom is 0.0541 e. The summed E-state index contributed by atoms with van der Waals surface area (Å²) < 4.78 is 1.16. The number of aliphatic hydroxyl groups is 1. The van der Waals surface area contributed by atoms with Gasteiger partial charge in [-0.25, -0.2) is 0 Å². The third-order valence-electron chi connectivity index (χ3n) is 4.26. The molecule has 1 aromatic carbocycles. The zero-order valence-electron chi connectivity index (χ0n) is 11.8. The van der Waals surface area contributed by atoms with Gasteiger partial charge >= 0.3 is 0 Å². The van der Waals surface area contributed by atoms with Gasteiger partial charge in [0.25, 0.3) is 0 Å². The molecular weight excluding hydrogens is 302 g/mol. The van der Waals surface area contributed by atoms with Gasteiger partial charge in [0, 0.05) is 11.0 Å². The molecule has 2 nitrogen and oxygen atoms in total. The maximum atomic E-state index is 9.63. The summed E-state index contributed by atoms with van der Waals surface area (Å²) in [4.78, 5) is 2.53. The van der Waals surface area contributed by atoms with Gasteiger partial charge < -0.3 is 10.0 Å². The topological polar surface area (TPSA) is 23.5 Å². The van der Waals surface area contributed by atoms with E-state index in [1.165, 1.54) is 5.56 Å². The Kier molecular flexibility index (Phi) is 5.43. The van der Waals surface area contributed by atoms with E-state index in [0.29, 0.717) is 11.8 Å². The van der Waals surface area contributed by atoms with Crippen LogP contribution < -0.4 is 0 Å². The predicted molar refractivity (Wildman–Crippen MR) is 83.4 cm³/mol. The Balaban J connectivity index is 1.85. The standard InChI is InChI=1S/C16H24BrNO/c1-12(15-4-3-5-16(17)10-15)11-18-8-6-14(7-9-18)13(2)19/h3-5,10,12-14,19H,6-9,11H2,1-2H3. The van der Waals surface area contributed by atoms with E-state index >= 15 is 0 Å². The maximum absolute atomic E-state index is 9.63. The highest BCUT2D eigenvalue weighted by Crippen LogP contribution is 2.24. The van der Waals surface area contributed by atoms with Crippen molar-refractivity contribution < 1.29 is 5.11 Å². The van der Waals surface area contributed by atoms with Crippen molar-refractivity contribution in [1.82, 2.24) is 4.90 Å². The first-order valence-electron chi connectivity index (χ1n) is 7.22. The summed E-state index contributed by atoms with van der Waals surface area (Å²) in [5, 5.41) is 9.63. The van der Waals surface area contributed by atoms with Gasteiger partial charge in [0.05, 0.1) is 6.10 Å². The molecule has 1 aliphatic heterocycles. The molecule has 1 aromatic rings. The Hall–Kier alpha value is -0.380. The molecule has 0 spiro atoms. The summed E-state index contributed by atoms with van der Waals surface area (Å²) in [6.45, 7) is 7.57. The van der Waals surface area contributed by atoms with Crippen molar-refractivity contribution in [3.05, 3.63) is 34.3 Å². The molecule has 2 unspecified atom stereocenters. The van der Waals surface area contributed by atoms with Crippen LogP contribution in [-0.2, 0) is 0 Å². The second-order valence-electron chi connectivity index (χ2n) is 5.83. The summed E-state index contributed by atoms with van der Waals surface area (Å²) in [5.41, 5.74) is 1.40. The molecule has 19 heavy (non-hydrogen) atoms. The van der Waals surface area contributed by atoms with Crippen molar-refractivity contribution in [2.75, 3.05) is 19.6 Å². The zero-order valence-corrected chi connectivity index (χ0v) is 13.4. The van der Waals surface area contributed by atoms with E-state index in [1.54, 1.807) is 0 Å². The Labute approximate surface area is 124 Å². The van der Waals surface area contributed by atoms with Gasteiger partial charge in [0.2, 0.25) is 0 Å². The molecule has 1 fully saturated rings. The van der Waals surface area contributed by atoms with Crippen molar-refractivity contribution in [3.8, 4) is 0 Å². The van der Waals surface area contributed by atoms with Crippen molar-refractivity contribution in [1.29, 1.82) is 0 Å². The number of aliphatic hydroxyl groups excluding tert-OH is 1. The summed E-state index contributed by atoms with van der Waals surface area (Å²) in [6, 6.07) is 8.60. The van der Waals surface area contributed by atoms with E-state index in [9.17, 15) is 5.11 Å². The molecule has 1 N–H and O–H groups in total.